The topological polar surface area (TPSA) is 162 Å². The number of hydrogen-bond donors (Lipinski definition) is 2. The molecule has 2 aromatic heterocycles. The number of nitrogens with zero attached hydrogens (tertiary/aromatic N) is 6. The van der Waals surface area contributed by atoms with Gasteiger partial charge in [-0.05, 0) is 9.85 Å². The van der Waals surface area contributed by atoms with Crippen LogP contribution in [0, 0.1) is 34.1 Å². The van der Waals surface area contributed by atoms with Gasteiger partial charge in [0.15, 0.2) is 11.6 Å². The van der Waals surface area contributed by atoms with E-state index in [0.717, 1.165) is 0 Å². The maximum atomic E-state index is 10.4. The predicted molar refractivity (Wildman–Crippen MR) is 99.3 cm³/mol. The predicted octanol–water partition coefficient (Wildman–Crippen LogP) is 1.87. The number of aryl methyl sites for hydroxylation is 2. The molecular formula is C12H18Br2N6O6Zn. The molecule has 15 heteroatoms. The van der Waals surface area contributed by atoms with Crippen LogP contribution >= 0.6 is 27.2 Å². The molecule has 0 saturated carbocycles. The van der Waals surface area contributed by atoms with Crippen molar-refractivity contribution in [3.8, 4) is 0 Å². The van der Waals surface area contributed by atoms with Crippen LogP contribution in [0.4, 0.5) is 11.6 Å². The van der Waals surface area contributed by atoms with E-state index in [1.54, 1.807) is 13.8 Å². The van der Waals surface area contributed by atoms with E-state index in [0.29, 0.717) is 11.6 Å². The summed E-state index contributed by atoms with van der Waals surface area (Å²) in [5.41, 5.74) is 0. The third-order valence-electron chi connectivity index (χ3n) is 3.09. The zero-order valence-electron chi connectivity index (χ0n) is 14.7. The van der Waals surface area contributed by atoms with Crippen LogP contribution in [0.1, 0.15) is 11.6 Å². The number of nitro groups is 2. The fraction of sp³-hybridized carbons (Fsp3) is 0.500. The first-order valence-corrected chi connectivity index (χ1v) is 21.3. The van der Waals surface area contributed by atoms with Gasteiger partial charge in [-0.3, -0.25) is 0 Å². The molecule has 148 valence electrons. The molecule has 0 aromatic carbocycles. The molecule has 2 rings (SSSR count). The van der Waals surface area contributed by atoms with E-state index in [1.165, 1.54) is 21.5 Å². The first kappa shape index (κ1) is 25.7. The number of imidazole rings is 2. The van der Waals surface area contributed by atoms with Crippen molar-refractivity contribution < 1.29 is 33.3 Å². The minimum atomic E-state index is -0.518. The van der Waals surface area contributed by atoms with Crippen LogP contribution in [0.2, 0.25) is 0 Å². The number of rotatable bonds is 6. The van der Waals surface area contributed by atoms with Crippen LogP contribution in [0.15, 0.2) is 12.4 Å². The maximum absolute atomic E-state index is 10.4. The van der Waals surface area contributed by atoms with E-state index in [2.05, 4.69) is 37.2 Å². The fourth-order valence-electron chi connectivity index (χ4n) is 1.96. The Morgan fingerprint density at radius 3 is 1.48 bits per heavy atom. The average molecular weight is 568 g/mol. The molecular weight excluding hydrogens is 549 g/mol. The molecule has 0 atom stereocenters. The van der Waals surface area contributed by atoms with Gasteiger partial charge in [-0.1, -0.05) is 0 Å². The van der Waals surface area contributed by atoms with Gasteiger partial charge in [-0.2, -0.15) is 0 Å². The van der Waals surface area contributed by atoms with Gasteiger partial charge < -0.3 is 30.4 Å². The summed E-state index contributed by atoms with van der Waals surface area (Å²) in [5.74, 6) is 0.912. The molecule has 0 bridgehead atoms. The molecule has 27 heavy (non-hydrogen) atoms. The summed E-state index contributed by atoms with van der Waals surface area (Å²) < 4.78 is 2.72. The third kappa shape index (κ3) is 8.51. The Morgan fingerprint density at radius 1 is 0.963 bits per heavy atom. The van der Waals surface area contributed by atoms with Crippen molar-refractivity contribution in [3.05, 3.63) is 44.3 Å². The molecule has 0 aliphatic heterocycles. The summed E-state index contributed by atoms with van der Waals surface area (Å²) in [4.78, 5) is 27.2. The summed E-state index contributed by atoms with van der Waals surface area (Å²) in [6.07, 6.45) is 2.37. The molecule has 0 aliphatic rings. The van der Waals surface area contributed by atoms with Crippen LogP contribution in [-0.2, 0) is 26.3 Å². The summed E-state index contributed by atoms with van der Waals surface area (Å²) >= 11 is 6.25. The first-order valence-electron chi connectivity index (χ1n) is 7.41. The molecule has 0 spiro atoms. The minimum absolute atomic E-state index is 0.0819. The molecule has 0 fully saturated rings. The van der Waals surface area contributed by atoms with Crippen molar-refractivity contribution in [1.82, 2.24) is 19.1 Å². The summed E-state index contributed by atoms with van der Waals surface area (Å²) in [7, 11) is 0. The Labute approximate surface area is 175 Å². The SMILES string of the molecule is Cc1ncc([N+](=O)[O-])n1CCO.Cc1ncc([N+](=O)[O-])n1CCO.[Br][Zn][Br]. The quantitative estimate of drug-likeness (QED) is 0.304. The summed E-state index contributed by atoms with van der Waals surface area (Å²) in [6, 6.07) is 0. The second-order valence-corrected chi connectivity index (χ2v) is 18.8. The van der Waals surface area contributed by atoms with Crippen LogP contribution in [-0.4, -0.2) is 52.4 Å². The first-order chi connectivity index (χ1) is 12.7. The third-order valence-corrected chi connectivity index (χ3v) is 3.09. The van der Waals surface area contributed by atoms with Gasteiger partial charge in [0, 0.05) is 13.8 Å². The van der Waals surface area contributed by atoms with E-state index in [4.69, 9.17) is 10.2 Å². The van der Waals surface area contributed by atoms with Gasteiger partial charge in [-0.15, -0.1) is 0 Å². The van der Waals surface area contributed by atoms with Crippen molar-refractivity contribution in [1.29, 1.82) is 0 Å². The Bertz CT molecular complexity index is 680. The second kappa shape index (κ2) is 13.8. The van der Waals surface area contributed by atoms with E-state index in [9.17, 15) is 20.2 Å². The number of halogens is 2. The Balaban J connectivity index is 0.000000438. The van der Waals surface area contributed by atoms with Crippen LogP contribution in [0.5, 0.6) is 0 Å². The zero-order chi connectivity index (χ0) is 21.0. The van der Waals surface area contributed by atoms with Crippen LogP contribution in [0.25, 0.3) is 0 Å². The normalized spacial score (nSPS) is 9.41. The van der Waals surface area contributed by atoms with Gasteiger partial charge in [0.2, 0.25) is 0 Å². The van der Waals surface area contributed by atoms with Gasteiger partial charge in [-0.25, -0.2) is 19.1 Å². The average Bonchev–Trinajstić information content (AvgIpc) is 3.14. The Kier molecular flexibility index (Phi) is 13.2. The second-order valence-electron chi connectivity index (χ2n) is 4.69. The molecule has 2 N–H and O–H groups in total. The molecule has 12 nitrogen and oxygen atoms in total. The molecule has 0 unspecified atom stereocenters. The molecule has 2 heterocycles. The number of aliphatic hydroxyl groups is 2. The van der Waals surface area contributed by atoms with E-state index in [1.807, 2.05) is 0 Å². The van der Waals surface area contributed by atoms with Crippen molar-refractivity contribution in [3.63, 3.8) is 0 Å². The van der Waals surface area contributed by atoms with Gasteiger partial charge in [0.1, 0.15) is 25.5 Å². The van der Waals surface area contributed by atoms with Crippen LogP contribution in [0.3, 0.4) is 0 Å². The van der Waals surface area contributed by atoms with Crippen molar-refractivity contribution in [2.45, 2.75) is 26.9 Å². The van der Waals surface area contributed by atoms with Gasteiger partial charge >= 0.3 is 52.1 Å². The summed E-state index contributed by atoms with van der Waals surface area (Å²) in [5, 5.41) is 37.9. The van der Waals surface area contributed by atoms with Gasteiger partial charge in [0.05, 0.1) is 13.2 Å². The number of aromatic nitrogens is 4. The standard InChI is InChI=1S/2C6H9N3O3.2BrH.Zn/c2*1-5-7-4-6(9(11)12)8(5)2-3-10;;;/h2*4,10H,2-3H2,1H3;2*1H;/q;;;;+2/p-2. The Hall–Kier alpha value is -1.28. The van der Waals surface area contributed by atoms with E-state index in [-0.39, 0.29) is 51.1 Å². The molecule has 0 radical (unpaired) electrons. The Morgan fingerprint density at radius 2 is 1.26 bits per heavy atom. The van der Waals surface area contributed by atoms with E-state index >= 15 is 0 Å². The number of hydrogen-bond acceptors (Lipinski definition) is 8. The molecule has 0 saturated heterocycles. The molecule has 0 amide bonds. The van der Waals surface area contributed by atoms with E-state index < -0.39 is 9.85 Å². The summed E-state index contributed by atoms with van der Waals surface area (Å²) in [6.45, 7) is 3.48. The molecule has 2 aromatic rings. The van der Waals surface area contributed by atoms with Gasteiger partial charge in [0.25, 0.3) is 0 Å². The monoisotopic (exact) mass is 564 g/mol. The van der Waals surface area contributed by atoms with Crippen molar-refractivity contribution in [2.75, 3.05) is 13.2 Å². The fourth-order valence-corrected chi connectivity index (χ4v) is 1.96. The van der Waals surface area contributed by atoms with Crippen molar-refractivity contribution >= 4 is 38.9 Å². The van der Waals surface area contributed by atoms with Crippen LogP contribution < -0.4 is 0 Å². The van der Waals surface area contributed by atoms with Crippen molar-refractivity contribution in [2.24, 2.45) is 0 Å². The number of aliphatic hydroxyl groups excluding tert-OH is 2. The molecule has 0 aliphatic carbocycles. The zero-order valence-corrected chi connectivity index (χ0v) is 20.8.